The molecular formula is C18H28N2O5S. The van der Waals surface area contributed by atoms with E-state index >= 15 is 0 Å². The van der Waals surface area contributed by atoms with Gasteiger partial charge in [-0.3, -0.25) is 4.79 Å². The summed E-state index contributed by atoms with van der Waals surface area (Å²) in [5.74, 6) is -0.0492. The molecule has 7 nitrogen and oxygen atoms in total. The van der Waals surface area contributed by atoms with Gasteiger partial charge in [0, 0.05) is 20.0 Å². The minimum absolute atomic E-state index is 0.0654. The summed E-state index contributed by atoms with van der Waals surface area (Å²) in [5, 5.41) is 2.89. The second-order valence-electron chi connectivity index (χ2n) is 7.37. The molecule has 2 atom stereocenters. The molecule has 2 rings (SSSR count). The Kier molecular flexibility index (Phi) is 6.31. The minimum atomic E-state index is -3.37. The third-order valence-corrected chi connectivity index (χ3v) is 6.37. The van der Waals surface area contributed by atoms with Crippen LogP contribution in [0.25, 0.3) is 0 Å². The molecule has 1 heterocycles. The van der Waals surface area contributed by atoms with Crippen molar-refractivity contribution >= 4 is 15.9 Å². The van der Waals surface area contributed by atoms with E-state index < -0.39 is 15.6 Å². The van der Waals surface area contributed by atoms with Crippen LogP contribution in [0, 0.1) is 12.8 Å². The van der Waals surface area contributed by atoms with Crippen LogP contribution in [-0.4, -0.2) is 63.3 Å². The van der Waals surface area contributed by atoms with Gasteiger partial charge < -0.3 is 14.8 Å². The first-order valence-corrected chi connectivity index (χ1v) is 10.2. The van der Waals surface area contributed by atoms with E-state index in [-0.39, 0.29) is 23.6 Å². The average Bonchev–Trinajstić information content (AvgIpc) is 2.93. The van der Waals surface area contributed by atoms with Crippen molar-refractivity contribution in [3.8, 4) is 5.75 Å². The van der Waals surface area contributed by atoms with Gasteiger partial charge in [0.05, 0.1) is 25.0 Å². The summed E-state index contributed by atoms with van der Waals surface area (Å²) in [5.41, 5.74) is -0.0571. The predicted octanol–water partition coefficient (Wildman–Crippen LogP) is 1.18. The number of carbonyl (C=O) groups is 1. The van der Waals surface area contributed by atoms with Crippen molar-refractivity contribution in [2.24, 2.45) is 5.92 Å². The molecule has 1 amide bonds. The van der Waals surface area contributed by atoms with Crippen LogP contribution in [0.1, 0.15) is 19.4 Å². The minimum Gasteiger partial charge on any atom is -0.478 e. The monoisotopic (exact) mass is 384 g/mol. The lowest BCUT2D eigenvalue weighted by Gasteiger charge is -2.28. The van der Waals surface area contributed by atoms with Gasteiger partial charge in [-0.1, -0.05) is 12.1 Å². The van der Waals surface area contributed by atoms with Crippen LogP contribution in [0.2, 0.25) is 0 Å². The van der Waals surface area contributed by atoms with Gasteiger partial charge in [-0.05, 0) is 38.5 Å². The van der Waals surface area contributed by atoms with Gasteiger partial charge in [0.15, 0.2) is 5.60 Å². The second kappa shape index (κ2) is 7.94. The number of nitrogens with zero attached hydrogens (tertiary/aromatic N) is 1. The smallest absolute Gasteiger partial charge is 0.263 e. The molecule has 1 fully saturated rings. The Morgan fingerprint density at radius 1 is 1.35 bits per heavy atom. The number of amides is 1. The Labute approximate surface area is 155 Å². The highest BCUT2D eigenvalue weighted by molar-refractivity contribution is 7.89. The van der Waals surface area contributed by atoms with Crippen molar-refractivity contribution in [3.63, 3.8) is 0 Å². The van der Waals surface area contributed by atoms with E-state index in [1.165, 1.54) is 18.4 Å². The Morgan fingerprint density at radius 2 is 2.04 bits per heavy atom. The van der Waals surface area contributed by atoms with E-state index in [1.807, 2.05) is 25.1 Å². The number of nitrogens with one attached hydrogen (secondary N) is 1. The molecule has 1 N–H and O–H groups in total. The van der Waals surface area contributed by atoms with Crippen LogP contribution < -0.4 is 10.1 Å². The third kappa shape index (κ3) is 5.18. The number of benzene rings is 1. The summed E-state index contributed by atoms with van der Waals surface area (Å²) in [4.78, 5) is 12.7. The van der Waals surface area contributed by atoms with Crippen LogP contribution in [0.3, 0.4) is 0 Å². The Bertz CT molecular complexity index is 746. The lowest BCUT2D eigenvalue weighted by atomic mass is 10.0. The van der Waals surface area contributed by atoms with Gasteiger partial charge in [0.1, 0.15) is 5.75 Å². The molecule has 0 bridgehead atoms. The van der Waals surface area contributed by atoms with Gasteiger partial charge in [-0.25, -0.2) is 12.7 Å². The standard InChI is InChI=1S/C18H28N2O5S/c1-13-7-6-8-15(9-13)25-18(2,3)17(21)19-16-11-24-10-14(16)12-26(22,23)20(4)5/h6-9,14,16H,10-12H2,1-5H3,(H,19,21)/t14-,16-/m0/s1. The topological polar surface area (TPSA) is 84.9 Å². The van der Waals surface area contributed by atoms with E-state index in [0.29, 0.717) is 19.0 Å². The van der Waals surface area contributed by atoms with Crippen molar-refractivity contribution in [2.75, 3.05) is 33.1 Å². The van der Waals surface area contributed by atoms with Gasteiger partial charge in [0.25, 0.3) is 5.91 Å². The van der Waals surface area contributed by atoms with Crippen LogP contribution in [-0.2, 0) is 19.6 Å². The Hall–Kier alpha value is -1.64. The summed E-state index contributed by atoms with van der Waals surface area (Å²) in [6.45, 7) is 5.92. The Morgan fingerprint density at radius 3 is 2.65 bits per heavy atom. The maximum Gasteiger partial charge on any atom is 0.263 e. The zero-order valence-corrected chi connectivity index (χ0v) is 16.8. The summed E-state index contributed by atoms with van der Waals surface area (Å²) >= 11 is 0. The normalized spacial score (nSPS) is 21.0. The molecule has 26 heavy (non-hydrogen) atoms. The van der Waals surface area contributed by atoms with Crippen molar-refractivity contribution in [1.82, 2.24) is 9.62 Å². The number of hydrogen-bond donors (Lipinski definition) is 1. The molecule has 0 unspecified atom stereocenters. The molecule has 1 saturated heterocycles. The number of rotatable bonds is 7. The second-order valence-corrected chi connectivity index (χ2v) is 9.59. The molecule has 146 valence electrons. The molecule has 1 aromatic rings. The van der Waals surface area contributed by atoms with E-state index in [2.05, 4.69) is 5.32 Å². The lowest BCUT2D eigenvalue weighted by Crippen LogP contribution is -2.52. The quantitative estimate of drug-likeness (QED) is 0.763. The number of hydrogen-bond acceptors (Lipinski definition) is 5. The van der Waals surface area contributed by atoms with E-state index in [4.69, 9.17) is 9.47 Å². The molecule has 0 spiro atoms. The summed E-state index contributed by atoms with van der Waals surface area (Å²) in [6.07, 6.45) is 0. The van der Waals surface area contributed by atoms with Crippen molar-refractivity contribution in [3.05, 3.63) is 29.8 Å². The van der Waals surface area contributed by atoms with Gasteiger partial charge in [-0.2, -0.15) is 0 Å². The first kappa shape index (κ1) is 20.7. The predicted molar refractivity (Wildman–Crippen MR) is 99.6 cm³/mol. The molecule has 0 aliphatic carbocycles. The number of carbonyl (C=O) groups excluding carboxylic acids is 1. The van der Waals surface area contributed by atoms with Crippen LogP contribution in [0.5, 0.6) is 5.75 Å². The van der Waals surface area contributed by atoms with Gasteiger partial charge in [0.2, 0.25) is 10.0 Å². The Balaban J connectivity index is 2.02. The molecule has 1 aliphatic heterocycles. The summed E-state index contributed by atoms with van der Waals surface area (Å²) in [7, 11) is -0.373. The van der Waals surface area contributed by atoms with Crippen molar-refractivity contribution in [2.45, 2.75) is 32.4 Å². The van der Waals surface area contributed by atoms with Gasteiger partial charge in [-0.15, -0.1) is 0 Å². The zero-order valence-electron chi connectivity index (χ0n) is 16.0. The SMILES string of the molecule is Cc1cccc(OC(C)(C)C(=O)N[C@H]2COC[C@H]2CS(=O)(=O)N(C)C)c1. The molecule has 0 saturated carbocycles. The van der Waals surface area contributed by atoms with E-state index in [0.717, 1.165) is 5.56 Å². The largest absolute Gasteiger partial charge is 0.478 e. The maximum absolute atomic E-state index is 12.7. The molecular weight excluding hydrogens is 356 g/mol. The van der Waals surface area contributed by atoms with E-state index in [9.17, 15) is 13.2 Å². The fraction of sp³-hybridized carbons (Fsp3) is 0.611. The summed E-state index contributed by atoms with van der Waals surface area (Å²) in [6, 6.07) is 7.11. The average molecular weight is 384 g/mol. The maximum atomic E-state index is 12.7. The first-order chi connectivity index (χ1) is 12.0. The van der Waals surface area contributed by atoms with E-state index in [1.54, 1.807) is 19.9 Å². The first-order valence-electron chi connectivity index (χ1n) is 8.56. The summed E-state index contributed by atoms with van der Waals surface area (Å²) < 4.78 is 36.7. The molecule has 0 radical (unpaired) electrons. The molecule has 8 heteroatoms. The van der Waals surface area contributed by atoms with Crippen LogP contribution >= 0.6 is 0 Å². The number of aryl methyl sites for hydroxylation is 1. The highest BCUT2D eigenvalue weighted by atomic mass is 32.2. The molecule has 1 aromatic carbocycles. The van der Waals surface area contributed by atoms with Crippen molar-refractivity contribution in [1.29, 1.82) is 0 Å². The molecule has 0 aromatic heterocycles. The van der Waals surface area contributed by atoms with Crippen LogP contribution in [0.4, 0.5) is 0 Å². The highest BCUT2D eigenvalue weighted by Crippen LogP contribution is 2.22. The highest BCUT2D eigenvalue weighted by Gasteiger charge is 2.38. The third-order valence-electron chi connectivity index (χ3n) is 4.41. The number of sulfonamides is 1. The fourth-order valence-electron chi connectivity index (χ4n) is 2.70. The fourth-order valence-corrected chi connectivity index (χ4v) is 3.87. The number of ether oxygens (including phenoxy) is 2. The lowest BCUT2D eigenvalue weighted by molar-refractivity contribution is -0.135. The van der Waals surface area contributed by atoms with Crippen LogP contribution in [0.15, 0.2) is 24.3 Å². The van der Waals surface area contributed by atoms with Gasteiger partial charge >= 0.3 is 0 Å². The zero-order chi connectivity index (χ0) is 19.5. The molecule has 1 aliphatic rings. The van der Waals surface area contributed by atoms with Crippen molar-refractivity contribution < 1.29 is 22.7 Å².